The molecule has 0 saturated carbocycles. The molecule has 186 valence electrons. The number of rotatable bonds is 11. The lowest BCUT2D eigenvalue weighted by molar-refractivity contribution is 0.0633. The van der Waals surface area contributed by atoms with E-state index in [0.29, 0.717) is 24.1 Å². The van der Waals surface area contributed by atoms with Crippen molar-refractivity contribution in [1.82, 2.24) is 10.3 Å². The van der Waals surface area contributed by atoms with Crippen LogP contribution in [0.3, 0.4) is 0 Å². The number of nitrogens with one attached hydrogen (secondary N) is 2. The lowest BCUT2D eigenvalue weighted by Gasteiger charge is -2.18. The van der Waals surface area contributed by atoms with E-state index < -0.39 is 11.6 Å². The van der Waals surface area contributed by atoms with E-state index in [-0.39, 0.29) is 18.0 Å². The number of aromatic amines is 1. The zero-order valence-electron chi connectivity index (χ0n) is 21.2. The average Bonchev–Trinajstić information content (AvgIpc) is 3.29. The highest BCUT2D eigenvalue weighted by molar-refractivity contribution is 6.11. The molecule has 0 saturated heterocycles. The molecule has 36 heavy (non-hydrogen) atoms. The number of H-pyrrole nitrogens is 1. The number of carbonyl (C=O) groups excluding carboxylic acids is 2. The van der Waals surface area contributed by atoms with Crippen LogP contribution in [0.1, 0.15) is 70.1 Å². The molecule has 0 amide bonds. The number of aliphatic hydroxyl groups is 1. The number of carbonyl (C=O) groups is 2. The minimum Gasteiger partial charge on any atom is -0.390 e. The van der Waals surface area contributed by atoms with Crippen molar-refractivity contribution in [3.05, 3.63) is 107 Å². The molecule has 0 unspecified atom stereocenters. The van der Waals surface area contributed by atoms with Crippen LogP contribution in [0.4, 0.5) is 0 Å². The molecule has 1 heterocycles. The highest BCUT2D eigenvalue weighted by Crippen LogP contribution is 2.26. The van der Waals surface area contributed by atoms with E-state index in [2.05, 4.69) is 41.5 Å². The van der Waals surface area contributed by atoms with Crippen LogP contribution in [-0.2, 0) is 6.42 Å². The molecule has 0 fully saturated rings. The Labute approximate surface area is 212 Å². The number of benzene rings is 3. The first-order chi connectivity index (χ1) is 17.2. The third-order valence-electron chi connectivity index (χ3n) is 6.51. The van der Waals surface area contributed by atoms with Crippen molar-refractivity contribution in [2.24, 2.45) is 0 Å². The molecule has 4 rings (SSSR count). The third-order valence-corrected chi connectivity index (χ3v) is 6.51. The zero-order chi connectivity index (χ0) is 25.7. The first-order valence-electron chi connectivity index (χ1n) is 12.5. The maximum Gasteiger partial charge on any atom is 0.186 e. The van der Waals surface area contributed by atoms with Gasteiger partial charge >= 0.3 is 0 Å². The van der Waals surface area contributed by atoms with Crippen molar-refractivity contribution in [3.63, 3.8) is 0 Å². The minimum atomic E-state index is -0.884. The third kappa shape index (κ3) is 6.36. The van der Waals surface area contributed by atoms with E-state index in [1.807, 2.05) is 36.4 Å². The summed E-state index contributed by atoms with van der Waals surface area (Å²) in [5.74, 6) is -0.0427. The Balaban J connectivity index is 1.54. The normalized spacial score (nSPS) is 12.6. The van der Waals surface area contributed by atoms with Crippen LogP contribution in [0, 0.1) is 6.92 Å². The zero-order valence-corrected chi connectivity index (χ0v) is 21.2. The van der Waals surface area contributed by atoms with E-state index in [1.54, 1.807) is 32.2 Å². The minimum absolute atomic E-state index is 0.0162. The molecule has 0 radical (unpaired) electrons. The van der Waals surface area contributed by atoms with Gasteiger partial charge in [0, 0.05) is 41.2 Å². The summed E-state index contributed by atoms with van der Waals surface area (Å²) in [5.41, 5.74) is 4.40. The van der Waals surface area contributed by atoms with Gasteiger partial charge in [-0.15, -0.1) is 0 Å². The molecule has 0 aliphatic carbocycles. The Morgan fingerprint density at radius 3 is 2.42 bits per heavy atom. The van der Waals surface area contributed by atoms with E-state index in [1.165, 1.54) is 11.1 Å². The van der Waals surface area contributed by atoms with Crippen LogP contribution < -0.4 is 5.32 Å². The maximum absolute atomic E-state index is 13.8. The Morgan fingerprint density at radius 1 is 1.00 bits per heavy atom. The largest absolute Gasteiger partial charge is 0.390 e. The number of hydrogen-bond donors (Lipinski definition) is 3. The average molecular weight is 483 g/mol. The number of hydrogen-bond acceptors (Lipinski definition) is 4. The van der Waals surface area contributed by atoms with Crippen molar-refractivity contribution >= 4 is 22.5 Å². The fraction of sp³-hybridized carbons (Fsp3) is 0.290. The van der Waals surface area contributed by atoms with Crippen LogP contribution in [0.5, 0.6) is 0 Å². The SMILES string of the molecule is Cc1ccc(CCN[C@H](C(=O)c2c[nH]c3cc(C(=O)CCC(C)(C)O)ccc23)c2ccccc2)cc1. The molecule has 5 nitrogen and oxygen atoms in total. The van der Waals surface area contributed by atoms with Crippen LogP contribution in [0.2, 0.25) is 0 Å². The lowest BCUT2D eigenvalue weighted by Crippen LogP contribution is -2.30. The second-order valence-corrected chi connectivity index (χ2v) is 10.1. The van der Waals surface area contributed by atoms with Gasteiger partial charge in [0.25, 0.3) is 0 Å². The molecular formula is C31H34N2O3. The second-order valence-electron chi connectivity index (χ2n) is 10.1. The first kappa shape index (κ1) is 25.5. The van der Waals surface area contributed by atoms with Crippen LogP contribution >= 0.6 is 0 Å². The van der Waals surface area contributed by atoms with E-state index >= 15 is 0 Å². The standard InChI is InChI=1S/C31H34N2O3/c1-21-9-11-22(12-10-21)16-18-32-29(23-7-5-4-6-8-23)30(35)26-20-33-27-19-24(13-14-25(26)27)28(34)15-17-31(2,3)36/h4-14,19-20,29,32-33,36H,15-18H2,1-3H3/t29-/m0/s1. The molecule has 5 heteroatoms. The van der Waals surface area contributed by atoms with Gasteiger partial charge in [0.05, 0.1) is 11.6 Å². The smallest absolute Gasteiger partial charge is 0.186 e. The number of aromatic nitrogens is 1. The fourth-order valence-corrected chi connectivity index (χ4v) is 4.35. The molecule has 0 bridgehead atoms. The summed E-state index contributed by atoms with van der Waals surface area (Å²) in [7, 11) is 0. The molecule has 0 aliphatic rings. The van der Waals surface area contributed by atoms with Gasteiger partial charge in [-0.3, -0.25) is 9.59 Å². The summed E-state index contributed by atoms with van der Waals surface area (Å²) >= 11 is 0. The fourth-order valence-electron chi connectivity index (χ4n) is 4.35. The van der Waals surface area contributed by atoms with Crippen molar-refractivity contribution in [2.45, 2.75) is 51.7 Å². The first-order valence-corrected chi connectivity index (χ1v) is 12.5. The number of aryl methyl sites for hydroxylation is 1. The van der Waals surface area contributed by atoms with Gasteiger partial charge in [0.15, 0.2) is 11.6 Å². The molecule has 1 aromatic heterocycles. The summed E-state index contributed by atoms with van der Waals surface area (Å²) in [6.45, 7) is 6.13. The summed E-state index contributed by atoms with van der Waals surface area (Å²) < 4.78 is 0. The predicted molar refractivity (Wildman–Crippen MR) is 145 cm³/mol. The number of Topliss-reactive ketones (excluding diaryl/α,β-unsaturated/α-hetero) is 2. The van der Waals surface area contributed by atoms with E-state index in [0.717, 1.165) is 22.9 Å². The number of ketones is 2. The maximum atomic E-state index is 13.8. The van der Waals surface area contributed by atoms with Crippen LogP contribution in [0.15, 0.2) is 79.0 Å². The van der Waals surface area contributed by atoms with Crippen LogP contribution in [-0.4, -0.2) is 33.8 Å². The van der Waals surface area contributed by atoms with E-state index in [9.17, 15) is 14.7 Å². The molecule has 4 aromatic rings. The van der Waals surface area contributed by atoms with Crippen molar-refractivity contribution in [2.75, 3.05) is 6.54 Å². The highest BCUT2D eigenvalue weighted by Gasteiger charge is 2.24. The molecule has 3 N–H and O–H groups in total. The Hall–Kier alpha value is -3.54. The summed E-state index contributed by atoms with van der Waals surface area (Å²) in [6, 6.07) is 23.1. The van der Waals surface area contributed by atoms with Gasteiger partial charge in [-0.05, 0) is 50.8 Å². The monoisotopic (exact) mass is 482 g/mol. The molecule has 0 spiro atoms. The highest BCUT2D eigenvalue weighted by atomic mass is 16.3. The van der Waals surface area contributed by atoms with Gasteiger partial charge < -0.3 is 15.4 Å². The van der Waals surface area contributed by atoms with Gasteiger partial charge in [-0.2, -0.15) is 0 Å². The van der Waals surface area contributed by atoms with Gasteiger partial charge in [-0.25, -0.2) is 0 Å². The van der Waals surface area contributed by atoms with Gasteiger partial charge in [0.1, 0.15) is 0 Å². The van der Waals surface area contributed by atoms with Gasteiger partial charge in [0.2, 0.25) is 0 Å². The molecular weight excluding hydrogens is 448 g/mol. The molecule has 1 atom stereocenters. The van der Waals surface area contributed by atoms with E-state index in [4.69, 9.17) is 0 Å². The summed E-state index contributed by atoms with van der Waals surface area (Å²) in [5, 5.41) is 14.2. The Morgan fingerprint density at radius 2 is 1.72 bits per heavy atom. The van der Waals surface area contributed by atoms with Crippen LogP contribution in [0.25, 0.3) is 10.9 Å². The summed E-state index contributed by atoms with van der Waals surface area (Å²) in [4.78, 5) is 29.6. The van der Waals surface area contributed by atoms with Crippen molar-refractivity contribution in [1.29, 1.82) is 0 Å². The Kier molecular flexibility index (Phi) is 7.82. The Bertz CT molecular complexity index is 1330. The predicted octanol–water partition coefficient (Wildman–Crippen LogP) is 5.97. The quantitative estimate of drug-likeness (QED) is 0.230. The topological polar surface area (TPSA) is 82.2 Å². The van der Waals surface area contributed by atoms with Crippen molar-refractivity contribution in [3.8, 4) is 0 Å². The second kappa shape index (κ2) is 11.0. The van der Waals surface area contributed by atoms with Gasteiger partial charge in [-0.1, -0.05) is 72.3 Å². The molecule has 0 aliphatic heterocycles. The molecule has 3 aromatic carbocycles. The summed E-state index contributed by atoms with van der Waals surface area (Å²) in [6.07, 6.45) is 3.21. The number of fused-ring (bicyclic) bond motifs is 1. The lowest BCUT2D eigenvalue weighted by atomic mass is 9.95. The van der Waals surface area contributed by atoms with Crippen molar-refractivity contribution < 1.29 is 14.7 Å².